The Morgan fingerprint density at radius 3 is 2.54 bits per heavy atom. The van der Waals surface area contributed by atoms with Crippen molar-refractivity contribution >= 4 is 46.1 Å². The normalized spacial score (nSPS) is 19.5. The summed E-state index contributed by atoms with van der Waals surface area (Å²) in [5.41, 5.74) is 5.28. The van der Waals surface area contributed by atoms with Gasteiger partial charge in [-0.25, -0.2) is 9.78 Å². The summed E-state index contributed by atoms with van der Waals surface area (Å²) in [6.45, 7) is 1.64. The lowest BCUT2D eigenvalue weighted by molar-refractivity contribution is -0.123. The van der Waals surface area contributed by atoms with Gasteiger partial charge in [-0.05, 0) is 66.3 Å². The van der Waals surface area contributed by atoms with Gasteiger partial charge in [0.15, 0.2) is 0 Å². The van der Waals surface area contributed by atoms with E-state index in [4.69, 9.17) is 4.98 Å². The molecule has 7 heteroatoms. The maximum atomic E-state index is 13.8. The SMILES string of the molecule is CC1(c2cccc(NC(=O)c3c4c(nc5ccccc35)C(=Cc3ccccc3)CC4)c2)NC(=O)NC1=O. The van der Waals surface area contributed by atoms with Gasteiger partial charge >= 0.3 is 6.03 Å². The molecule has 1 aliphatic heterocycles. The second-order valence-electron chi connectivity index (χ2n) is 9.48. The topological polar surface area (TPSA) is 100 Å². The number of carbonyl (C=O) groups is 3. The smallest absolute Gasteiger partial charge is 0.322 e. The molecule has 0 bridgehead atoms. The second kappa shape index (κ2) is 8.71. The number of anilines is 1. The van der Waals surface area contributed by atoms with Gasteiger partial charge < -0.3 is 10.6 Å². The first-order valence-electron chi connectivity index (χ1n) is 12.2. The number of urea groups is 1. The van der Waals surface area contributed by atoms with E-state index >= 15 is 0 Å². The van der Waals surface area contributed by atoms with Crippen LogP contribution in [-0.2, 0) is 16.8 Å². The third kappa shape index (κ3) is 3.94. The van der Waals surface area contributed by atoms with Crippen LogP contribution in [-0.4, -0.2) is 22.8 Å². The fraction of sp³-hybridized carbons (Fsp3) is 0.133. The van der Waals surface area contributed by atoms with Crippen molar-refractivity contribution in [2.24, 2.45) is 0 Å². The molecule has 37 heavy (non-hydrogen) atoms. The molecule has 6 rings (SSSR count). The summed E-state index contributed by atoms with van der Waals surface area (Å²) >= 11 is 0. The van der Waals surface area contributed by atoms with Crippen molar-refractivity contribution in [2.75, 3.05) is 5.32 Å². The number of allylic oxidation sites excluding steroid dienone is 1. The van der Waals surface area contributed by atoms with Crippen LogP contribution in [0.15, 0.2) is 78.9 Å². The van der Waals surface area contributed by atoms with Crippen molar-refractivity contribution in [2.45, 2.75) is 25.3 Å². The molecule has 0 spiro atoms. The molecule has 1 atom stereocenters. The predicted octanol–water partition coefficient (Wildman–Crippen LogP) is 5.03. The largest absolute Gasteiger partial charge is 0.322 e. The number of rotatable bonds is 4. The summed E-state index contributed by atoms with van der Waals surface area (Å²) < 4.78 is 0. The van der Waals surface area contributed by atoms with Gasteiger partial charge in [-0.15, -0.1) is 0 Å². The zero-order valence-corrected chi connectivity index (χ0v) is 20.2. The van der Waals surface area contributed by atoms with Crippen molar-refractivity contribution in [1.29, 1.82) is 0 Å². The number of nitrogens with zero attached hydrogens (tertiary/aromatic N) is 1. The molecule has 1 aromatic heterocycles. The highest BCUT2D eigenvalue weighted by Crippen LogP contribution is 2.38. The van der Waals surface area contributed by atoms with E-state index in [0.717, 1.165) is 46.1 Å². The summed E-state index contributed by atoms with van der Waals surface area (Å²) in [4.78, 5) is 42.9. The van der Waals surface area contributed by atoms with Crippen LogP contribution in [0.1, 0.15) is 46.1 Å². The van der Waals surface area contributed by atoms with Crippen molar-refractivity contribution in [3.63, 3.8) is 0 Å². The van der Waals surface area contributed by atoms with E-state index in [1.165, 1.54) is 0 Å². The monoisotopic (exact) mass is 488 g/mol. The molecular weight excluding hydrogens is 464 g/mol. The number of nitrogens with one attached hydrogen (secondary N) is 3. The lowest BCUT2D eigenvalue weighted by atomic mass is 9.92. The van der Waals surface area contributed by atoms with Gasteiger partial charge in [-0.1, -0.05) is 60.7 Å². The van der Waals surface area contributed by atoms with Crippen LogP contribution >= 0.6 is 0 Å². The Balaban J connectivity index is 1.39. The van der Waals surface area contributed by atoms with Crippen molar-refractivity contribution in [3.05, 3.63) is 107 Å². The van der Waals surface area contributed by atoms with Crippen molar-refractivity contribution in [3.8, 4) is 0 Å². The molecule has 182 valence electrons. The number of hydrogen-bond donors (Lipinski definition) is 3. The maximum Gasteiger partial charge on any atom is 0.322 e. The number of imide groups is 1. The van der Waals surface area contributed by atoms with Crippen LogP contribution in [0.3, 0.4) is 0 Å². The van der Waals surface area contributed by atoms with Gasteiger partial charge in [-0.3, -0.25) is 14.9 Å². The molecule has 0 radical (unpaired) electrons. The molecule has 3 aromatic carbocycles. The standard InChI is InChI=1S/C30H24N4O3/c1-30(28(36)33-29(37)34-30)20-10-7-11-21(17-20)31-27(35)25-22-12-5-6-13-24(22)32-26-19(14-15-23(25)26)16-18-8-3-2-4-9-18/h2-13,16-17H,14-15H2,1H3,(H,31,35)(H2,33,34,36,37). The molecule has 4 aromatic rings. The van der Waals surface area contributed by atoms with Gasteiger partial charge in [0.25, 0.3) is 11.8 Å². The number of amides is 4. The fourth-order valence-corrected chi connectivity index (χ4v) is 5.14. The minimum Gasteiger partial charge on any atom is -0.322 e. The van der Waals surface area contributed by atoms with E-state index < -0.39 is 17.5 Å². The number of fused-ring (bicyclic) bond motifs is 2. The van der Waals surface area contributed by atoms with E-state index in [1.807, 2.05) is 42.5 Å². The molecule has 2 aliphatic rings. The Labute approximate surface area is 213 Å². The Kier molecular flexibility index (Phi) is 5.34. The number of pyridine rings is 1. The van der Waals surface area contributed by atoms with Gasteiger partial charge in [-0.2, -0.15) is 0 Å². The molecule has 1 aliphatic carbocycles. The van der Waals surface area contributed by atoms with Crippen LogP contribution in [0.4, 0.5) is 10.5 Å². The molecule has 1 fully saturated rings. The summed E-state index contributed by atoms with van der Waals surface area (Å²) in [7, 11) is 0. The van der Waals surface area contributed by atoms with E-state index in [9.17, 15) is 14.4 Å². The van der Waals surface area contributed by atoms with Crippen molar-refractivity contribution < 1.29 is 14.4 Å². The van der Waals surface area contributed by atoms with Crippen molar-refractivity contribution in [1.82, 2.24) is 15.6 Å². The van der Waals surface area contributed by atoms with Crippen LogP contribution < -0.4 is 16.0 Å². The molecule has 1 saturated heterocycles. The average Bonchev–Trinajstić information content (AvgIpc) is 3.41. The third-order valence-electron chi connectivity index (χ3n) is 7.05. The van der Waals surface area contributed by atoms with Gasteiger partial charge in [0, 0.05) is 11.1 Å². The number of para-hydroxylation sites is 1. The average molecular weight is 489 g/mol. The van der Waals surface area contributed by atoms with Gasteiger partial charge in [0.05, 0.1) is 16.8 Å². The zero-order valence-electron chi connectivity index (χ0n) is 20.2. The molecule has 7 nitrogen and oxygen atoms in total. The maximum absolute atomic E-state index is 13.8. The van der Waals surface area contributed by atoms with Gasteiger partial charge in [0.2, 0.25) is 0 Å². The summed E-state index contributed by atoms with van der Waals surface area (Å²) in [6.07, 6.45) is 3.66. The number of carbonyl (C=O) groups excluding carboxylic acids is 3. The van der Waals surface area contributed by atoms with Crippen LogP contribution in [0.25, 0.3) is 22.6 Å². The van der Waals surface area contributed by atoms with Crippen LogP contribution in [0.5, 0.6) is 0 Å². The highest BCUT2D eigenvalue weighted by Gasteiger charge is 2.43. The molecular formula is C30H24N4O3. The quantitative estimate of drug-likeness (QED) is 0.351. The Morgan fingerprint density at radius 1 is 0.973 bits per heavy atom. The second-order valence-corrected chi connectivity index (χ2v) is 9.48. The zero-order chi connectivity index (χ0) is 25.6. The predicted molar refractivity (Wildman–Crippen MR) is 143 cm³/mol. The Bertz CT molecular complexity index is 1630. The summed E-state index contributed by atoms with van der Waals surface area (Å²) in [5, 5.41) is 8.76. The first-order valence-corrected chi connectivity index (χ1v) is 12.2. The minimum absolute atomic E-state index is 0.238. The van der Waals surface area contributed by atoms with E-state index in [2.05, 4.69) is 34.2 Å². The first-order chi connectivity index (χ1) is 17.9. The molecule has 4 amide bonds. The number of benzene rings is 3. The fourth-order valence-electron chi connectivity index (χ4n) is 5.14. The molecule has 3 N–H and O–H groups in total. The highest BCUT2D eigenvalue weighted by molar-refractivity contribution is 6.15. The molecule has 2 heterocycles. The number of aromatic nitrogens is 1. The van der Waals surface area contributed by atoms with E-state index in [0.29, 0.717) is 16.8 Å². The number of hydrogen-bond acceptors (Lipinski definition) is 4. The Hall–Kier alpha value is -4.78. The highest BCUT2D eigenvalue weighted by atomic mass is 16.2. The molecule has 1 unspecified atom stereocenters. The third-order valence-corrected chi connectivity index (χ3v) is 7.05. The van der Waals surface area contributed by atoms with Crippen LogP contribution in [0, 0.1) is 0 Å². The minimum atomic E-state index is -1.21. The summed E-state index contributed by atoms with van der Waals surface area (Å²) in [5.74, 6) is -0.672. The van der Waals surface area contributed by atoms with Gasteiger partial charge in [0.1, 0.15) is 5.54 Å². The van der Waals surface area contributed by atoms with E-state index in [-0.39, 0.29) is 5.91 Å². The lowest BCUT2D eigenvalue weighted by Crippen LogP contribution is -2.40. The Morgan fingerprint density at radius 2 is 1.76 bits per heavy atom. The van der Waals surface area contributed by atoms with E-state index in [1.54, 1.807) is 31.2 Å². The first kappa shape index (κ1) is 22.7. The molecule has 0 saturated carbocycles. The van der Waals surface area contributed by atoms with Crippen LogP contribution in [0.2, 0.25) is 0 Å². The lowest BCUT2D eigenvalue weighted by Gasteiger charge is -2.22. The summed E-state index contributed by atoms with van der Waals surface area (Å²) in [6, 6.07) is 24.2.